The lowest BCUT2D eigenvalue weighted by Crippen LogP contribution is -2.29. The lowest BCUT2D eigenvalue weighted by Gasteiger charge is -2.18. The summed E-state index contributed by atoms with van der Waals surface area (Å²) in [4.78, 5) is 42.8. The Hall–Kier alpha value is -2.03. The van der Waals surface area contributed by atoms with Gasteiger partial charge in [-0.15, -0.1) is 0 Å². The Bertz CT molecular complexity index is 1050. The minimum atomic E-state index is -4.79. The van der Waals surface area contributed by atoms with Gasteiger partial charge in [0.15, 0.2) is 6.10 Å². The third-order valence-electron chi connectivity index (χ3n) is 9.11. The zero-order chi connectivity index (χ0) is 40.0. The number of carbonyl (C=O) groups is 2. The van der Waals surface area contributed by atoms with Crippen molar-refractivity contribution in [3.8, 4) is 0 Å². The summed E-state index contributed by atoms with van der Waals surface area (Å²) in [7, 11) is -4.79. The maximum Gasteiger partial charge on any atom is 0.469 e. The molecule has 0 amide bonds. The van der Waals surface area contributed by atoms with Gasteiger partial charge in [-0.1, -0.05) is 179 Å². The molecule has 0 bridgehead atoms. The average Bonchev–Trinajstić information content (AvgIpc) is 3.12. The van der Waals surface area contributed by atoms with Crippen molar-refractivity contribution >= 4 is 19.8 Å². The van der Waals surface area contributed by atoms with E-state index in [1.165, 1.54) is 96.3 Å². The Balaban J connectivity index is 4.07. The minimum Gasteiger partial charge on any atom is -0.462 e. The first-order valence-corrected chi connectivity index (χ1v) is 22.9. The maximum atomic E-state index is 12.4. The second-order valence-electron chi connectivity index (χ2n) is 15.0. The van der Waals surface area contributed by atoms with Gasteiger partial charge in [0.2, 0.25) is 0 Å². The smallest absolute Gasteiger partial charge is 0.462 e. The highest BCUT2D eigenvalue weighted by atomic mass is 31.2. The summed E-state index contributed by atoms with van der Waals surface area (Å²) < 4.78 is 26.3. The van der Waals surface area contributed by atoms with E-state index in [4.69, 9.17) is 19.3 Å². The monoisotopic (exact) mass is 783 g/mol. The van der Waals surface area contributed by atoms with E-state index in [-0.39, 0.29) is 19.4 Å². The predicted octanol–water partition coefficient (Wildman–Crippen LogP) is 12.0. The standard InChI is InChI=1S/C44H79O9P/c1-4-5-6-7-8-16-20-24-29-34-41(45)35-30-25-22-27-32-37-44(47)53-42(39-52-54(48,49)50)38-51-43(46)36-31-26-21-18-15-13-11-9-10-12-14-17-19-23-28-33-40(2)3/h8,16,22,24-25,29-30,35,40-42,45H,4-7,9-15,17-21,23,26-28,31-34,36-39H2,1-3H3,(H2,48,49,50)/b16-8-,25-22+,29-24-,35-30-/t41?,42-/m1/s1. The fourth-order valence-corrected chi connectivity index (χ4v) is 6.23. The van der Waals surface area contributed by atoms with Crippen LogP contribution < -0.4 is 0 Å². The van der Waals surface area contributed by atoms with Crippen LogP contribution in [0.5, 0.6) is 0 Å². The fourth-order valence-electron chi connectivity index (χ4n) is 5.87. The molecule has 0 aromatic rings. The van der Waals surface area contributed by atoms with Crippen LogP contribution in [0.3, 0.4) is 0 Å². The molecule has 9 nitrogen and oxygen atoms in total. The van der Waals surface area contributed by atoms with Crippen molar-refractivity contribution < 1.29 is 43.0 Å². The van der Waals surface area contributed by atoms with Crippen LogP contribution in [0.1, 0.15) is 188 Å². The van der Waals surface area contributed by atoms with E-state index >= 15 is 0 Å². The molecule has 314 valence electrons. The number of ether oxygens (including phenoxy) is 2. The summed E-state index contributed by atoms with van der Waals surface area (Å²) in [5.41, 5.74) is 0. The number of aliphatic hydroxyl groups excluding tert-OH is 1. The van der Waals surface area contributed by atoms with E-state index in [0.717, 1.165) is 38.0 Å². The second-order valence-corrected chi connectivity index (χ2v) is 16.2. The van der Waals surface area contributed by atoms with Crippen LogP contribution in [0.4, 0.5) is 0 Å². The van der Waals surface area contributed by atoms with Crippen LogP contribution in [0.2, 0.25) is 0 Å². The summed E-state index contributed by atoms with van der Waals surface area (Å²) in [6, 6.07) is 0. The number of hydrogen-bond acceptors (Lipinski definition) is 7. The van der Waals surface area contributed by atoms with Gasteiger partial charge in [0.1, 0.15) is 6.61 Å². The Morgan fingerprint density at radius 3 is 1.78 bits per heavy atom. The van der Waals surface area contributed by atoms with Gasteiger partial charge >= 0.3 is 19.8 Å². The second kappa shape index (κ2) is 37.9. The van der Waals surface area contributed by atoms with E-state index in [1.54, 1.807) is 12.2 Å². The number of unbranched alkanes of at least 4 members (excludes halogenated alkanes) is 18. The molecule has 0 rings (SSSR count). The van der Waals surface area contributed by atoms with Crippen LogP contribution in [-0.4, -0.2) is 52.3 Å². The van der Waals surface area contributed by atoms with E-state index in [9.17, 15) is 19.3 Å². The highest BCUT2D eigenvalue weighted by molar-refractivity contribution is 7.46. The molecule has 0 aliphatic heterocycles. The van der Waals surface area contributed by atoms with Crippen LogP contribution in [-0.2, 0) is 28.2 Å². The highest BCUT2D eigenvalue weighted by Crippen LogP contribution is 2.36. The quantitative estimate of drug-likeness (QED) is 0.0183. The number of allylic oxidation sites excluding steroid dienone is 6. The molecule has 0 saturated carbocycles. The van der Waals surface area contributed by atoms with Crippen molar-refractivity contribution in [3.05, 3.63) is 48.6 Å². The lowest BCUT2D eigenvalue weighted by molar-refractivity contribution is -0.161. The molecule has 54 heavy (non-hydrogen) atoms. The summed E-state index contributed by atoms with van der Waals surface area (Å²) in [6.45, 7) is 5.88. The number of rotatable bonds is 38. The molecule has 0 aliphatic rings. The predicted molar refractivity (Wildman–Crippen MR) is 222 cm³/mol. The molecular formula is C44H79O9P. The Morgan fingerprint density at radius 2 is 1.19 bits per heavy atom. The molecule has 0 radical (unpaired) electrons. The van der Waals surface area contributed by atoms with E-state index in [2.05, 4.69) is 43.5 Å². The summed E-state index contributed by atoms with van der Waals surface area (Å²) in [5.74, 6) is -0.181. The molecule has 0 aromatic carbocycles. The Labute approximate surface area is 329 Å². The fraction of sp³-hybridized carbons (Fsp3) is 0.773. The van der Waals surface area contributed by atoms with Crippen molar-refractivity contribution in [2.24, 2.45) is 5.92 Å². The SMILES string of the molecule is CCCCC/C=C\C/C=C\CC(O)/C=C\C=C\CCCC(=O)O[C@H](COC(=O)CCCCCCCCCCCCCCCCCC(C)C)COP(=O)(O)O. The molecule has 0 spiro atoms. The van der Waals surface area contributed by atoms with Crippen molar-refractivity contribution in [1.82, 2.24) is 0 Å². The number of esters is 2. The van der Waals surface area contributed by atoms with Gasteiger partial charge in [0.25, 0.3) is 0 Å². The summed E-state index contributed by atoms with van der Waals surface area (Å²) in [6.07, 6.45) is 41.5. The number of phosphoric ester groups is 1. The van der Waals surface area contributed by atoms with Crippen LogP contribution in [0.15, 0.2) is 48.6 Å². The molecule has 3 N–H and O–H groups in total. The Kier molecular flexibility index (Phi) is 36.4. The number of hydrogen-bond donors (Lipinski definition) is 3. The first-order chi connectivity index (χ1) is 26.0. The van der Waals surface area contributed by atoms with E-state index in [0.29, 0.717) is 25.7 Å². The maximum absolute atomic E-state index is 12.4. The topological polar surface area (TPSA) is 140 Å². The minimum absolute atomic E-state index is 0.0770. The van der Waals surface area contributed by atoms with Crippen molar-refractivity contribution in [2.45, 2.75) is 200 Å². The van der Waals surface area contributed by atoms with Gasteiger partial charge in [-0.25, -0.2) is 4.57 Å². The molecule has 0 aromatic heterocycles. The molecule has 10 heteroatoms. The van der Waals surface area contributed by atoms with Gasteiger partial charge in [0, 0.05) is 12.8 Å². The molecule has 2 atom stereocenters. The van der Waals surface area contributed by atoms with Gasteiger partial charge in [-0.3, -0.25) is 14.1 Å². The van der Waals surface area contributed by atoms with Crippen molar-refractivity contribution in [3.63, 3.8) is 0 Å². The zero-order valence-corrected chi connectivity index (χ0v) is 35.3. The third-order valence-corrected chi connectivity index (χ3v) is 9.59. The summed E-state index contributed by atoms with van der Waals surface area (Å²) >= 11 is 0. The van der Waals surface area contributed by atoms with Crippen LogP contribution in [0.25, 0.3) is 0 Å². The van der Waals surface area contributed by atoms with Crippen LogP contribution >= 0.6 is 7.82 Å². The zero-order valence-electron chi connectivity index (χ0n) is 34.4. The number of phosphoric acid groups is 1. The van der Waals surface area contributed by atoms with E-state index in [1.807, 2.05) is 18.2 Å². The number of carbonyl (C=O) groups excluding carboxylic acids is 2. The van der Waals surface area contributed by atoms with E-state index < -0.39 is 38.6 Å². The van der Waals surface area contributed by atoms with Gasteiger partial charge in [0.05, 0.1) is 12.7 Å². The third kappa shape index (κ3) is 41.1. The normalized spacial score (nSPS) is 13.6. The first kappa shape index (κ1) is 52.0. The largest absolute Gasteiger partial charge is 0.469 e. The average molecular weight is 783 g/mol. The van der Waals surface area contributed by atoms with Crippen LogP contribution in [0, 0.1) is 5.92 Å². The Morgan fingerprint density at radius 1 is 0.630 bits per heavy atom. The highest BCUT2D eigenvalue weighted by Gasteiger charge is 2.22. The summed E-state index contributed by atoms with van der Waals surface area (Å²) in [5, 5.41) is 10.1. The molecule has 0 saturated heterocycles. The van der Waals surface area contributed by atoms with Gasteiger partial charge in [-0.2, -0.15) is 0 Å². The molecule has 0 aliphatic carbocycles. The lowest BCUT2D eigenvalue weighted by atomic mass is 10.0. The molecule has 0 heterocycles. The molecule has 0 fully saturated rings. The van der Waals surface area contributed by atoms with Gasteiger partial charge in [-0.05, 0) is 50.9 Å². The van der Waals surface area contributed by atoms with Crippen molar-refractivity contribution in [1.29, 1.82) is 0 Å². The number of aliphatic hydroxyl groups is 1. The first-order valence-electron chi connectivity index (χ1n) is 21.4. The van der Waals surface area contributed by atoms with Gasteiger partial charge < -0.3 is 24.4 Å². The molecular weight excluding hydrogens is 703 g/mol. The van der Waals surface area contributed by atoms with Crippen molar-refractivity contribution in [2.75, 3.05) is 13.2 Å². The molecule has 1 unspecified atom stereocenters.